The Balaban J connectivity index is 1.94. The van der Waals surface area contributed by atoms with E-state index in [9.17, 15) is 4.79 Å². The Hall–Kier alpha value is -0.690. The Labute approximate surface area is 115 Å². The molecule has 1 rings (SSSR count). The Kier molecular flexibility index (Phi) is 9.61. The molecule has 0 spiro atoms. The van der Waals surface area contributed by atoms with Crippen molar-refractivity contribution in [3.63, 3.8) is 0 Å². The third-order valence-corrected chi connectivity index (χ3v) is 2.93. The molecule has 0 aliphatic carbocycles. The molecule has 1 amide bonds. The van der Waals surface area contributed by atoms with Crippen LogP contribution in [0, 0.1) is 0 Å². The predicted molar refractivity (Wildman–Crippen MR) is 72.2 cm³/mol. The highest BCUT2D eigenvalue weighted by molar-refractivity contribution is 5.77. The second-order valence-electron chi connectivity index (χ2n) is 4.50. The molecule has 1 N–H and O–H groups in total. The van der Waals surface area contributed by atoms with Gasteiger partial charge < -0.3 is 24.4 Å². The maximum absolute atomic E-state index is 11.8. The second kappa shape index (κ2) is 11.2. The average molecular weight is 274 g/mol. The van der Waals surface area contributed by atoms with Gasteiger partial charge in [-0.1, -0.05) is 0 Å². The van der Waals surface area contributed by atoms with Crippen molar-refractivity contribution in [2.75, 3.05) is 66.3 Å². The monoisotopic (exact) mass is 274 g/mol. The van der Waals surface area contributed by atoms with Crippen LogP contribution in [0.5, 0.6) is 0 Å². The molecule has 1 fully saturated rings. The summed E-state index contributed by atoms with van der Waals surface area (Å²) in [6.45, 7) is 5.97. The van der Waals surface area contributed by atoms with Gasteiger partial charge in [0, 0.05) is 40.0 Å². The van der Waals surface area contributed by atoms with Crippen molar-refractivity contribution in [2.45, 2.75) is 12.8 Å². The van der Waals surface area contributed by atoms with Crippen LogP contribution < -0.4 is 5.32 Å². The van der Waals surface area contributed by atoms with Gasteiger partial charge in [-0.25, -0.2) is 0 Å². The first-order chi connectivity index (χ1) is 9.34. The predicted octanol–water partition coefficient (Wildman–Crippen LogP) is -0.122. The van der Waals surface area contributed by atoms with Crippen molar-refractivity contribution in [1.29, 1.82) is 0 Å². The topological polar surface area (TPSA) is 60.0 Å². The van der Waals surface area contributed by atoms with Gasteiger partial charge in [-0.3, -0.25) is 4.79 Å². The molecule has 1 saturated heterocycles. The van der Waals surface area contributed by atoms with Crippen molar-refractivity contribution in [3.8, 4) is 0 Å². The smallest absolute Gasteiger partial charge is 0.248 e. The fraction of sp³-hybridized carbons (Fsp3) is 0.923. The van der Waals surface area contributed by atoms with Crippen molar-refractivity contribution >= 4 is 5.91 Å². The minimum Gasteiger partial charge on any atom is -0.385 e. The van der Waals surface area contributed by atoms with Crippen LogP contribution in [0.3, 0.4) is 0 Å². The zero-order valence-corrected chi connectivity index (χ0v) is 11.9. The van der Waals surface area contributed by atoms with E-state index in [-0.39, 0.29) is 12.5 Å². The van der Waals surface area contributed by atoms with Gasteiger partial charge in [0.2, 0.25) is 5.91 Å². The van der Waals surface area contributed by atoms with Crippen LogP contribution in [0.15, 0.2) is 0 Å². The van der Waals surface area contributed by atoms with E-state index < -0.39 is 0 Å². The Morgan fingerprint density at radius 1 is 1.11 bits per heavy atom. The number of methoxy groups -OCH3 is 1. The molecule has 6 heteroatoms. The van der Waals surface area contributed by atoms with Crippen LogP contribution in [0.4, 0.5) is 0 Å². The molecule has 0 saturated carbocycles. The minimum atomic E-state index is 0.0723. The fourth-order valence-corrected chi connectivity index (χ4v) is 1.87. The Morgan fingerprint density at radius 2 is 1.95 bits per heavy atom. The molecule has 0 unspecified atom stereocenters. The van der Waals surface area contributed by atoms with Gasteiger partial charge in [0.25, 0.3) is 0 Å². The summed E-state index contributed by atoms with van der Waals surface area (Å²) in [6.07, 6.45) is 1.89. The summed E-state index contributed by atoms with van der Waals surface area (Å²) >= 11 is 0. The lowest BCUT2D eigenvalue weighted by Gasteiger charge is -2.19. The van der Waals surface area contributed by atoms with E-state index >= 15 is 0 Å². The first-order valence-electron chi connectivity index (χ1n) is 6.97. The zero-order valence-electron chi connectivity index (χ0n) is 11.9. The molecule has 0 aromatic carbocycles. The Morgan fingerprint density at radius 3 is 2.79 bits per heavy atom. The average Bonchev–Trinajstić information content (AvgIpc) is 2.70. The number of nitrogens with one attached hydrogen (secondary N) is 1. The van der Waals surface area contributed by atoms with Crippen LogP contribution in [-0.4, -0.2) is 77.1 Å². The van der Waals surface area contributed by atoms with Crippen LogP contribution >= 0.6 is 0 Å². The number of hydrogen-bond donors (Lipinski definition) is 1. The Bertz CT molecular complexity index is 231. The van der Waals surface area contributed by atoms with Crippen LogP contribution in [0.25, 0.3) is 0 Å². The van der Waals surface area contributed by atoms with Crippen LogP contribution in [0.1, 0.15) is 12.8 Å². The highest BCUT2D eigenvalue weighted by Crippen LogP contribution is 1.96. The molecular weight excluding hydrogens is 248 g/mol. The third-order valence-electron chi connectivity index (χ3n) is 2.93. The van der Waals surface area contributed by atoms with E-state index in [1.807, 2.05) is 4.90 Å². The maximum Gasteiger partial charge on any atom is 0.248 e. The highest BCUT2D eigenvalue weighted by atomic mass is 16.5. The summed E-state index contributed by atoms with van der Waals surface area (Å²) in [4.78, 5) is 13.7. The zero-order chi connectivity index (χ0) is 13.8. The number of nitrogens with zero attached hydrogens (tertiary/aromatic N) is 1. The van der Waals surface area contributed by atoms with E-state index in [2.05, 4.69) is 5.32 Å². The molecular formula is C13H26N2O4. The van der Waals surface area contributed by atoms with Crippen molar-refractivity contribution < 1.29 is 19.0 Å². The fourth-order valence-electron chi connectivity index (χ4n) is 1.87. The molecule has 112 valence electrons. The molecule has 0 radical (unpaired) electrons. The largest absolute Gasteiger partial charge is 0.385 e. The van der Waals surface area contributed by atoms with Crippen molar-refractivity contribution in [3.05, 3.63) is 0 Å². The van der Waals surface area contributed by atoms with Crippen molar-refractivity contribution in [1.82, 2.24) is 10.2 Å². The summed E-state index contributed by atoms with van der Waals surface area (Å²) in [6, 6.07) is 0. The maximum atomic E-state index is 11.8. The SMILES string of the molecule is COCCCOCCOCC(=O)N1CCCNCC1. The number of carbonyl (C=O) groups excluding carboxylic acids is 1. The van der Waals surface area contributed by atoms with E-state index in [0.29, 0.717) is 26.4 Å². The highest BCUT2D eigenvalue weighted by Gasteiger charge is 2.14. The van der Waals surface area contributed by atoms with Gasteiger partial charge in [0.15, 0.2) is 0 Å². The molecule has 1 aliphatic heterocycles. The molecule has 19 heavy (non-hydrogen) atoms. The van der Waals surface area contributed by atoms with Crippen LogP contribution in [-0.2, 0) is 19.0 Å². The summed E-state index contributed by atoms with van der Waals surface area (Å²) in [5.74, 6) is 0.0723. The van der Waals surface area contributed by atoms with Gasteiger partial charge in [-0.15, -0.1) is 0 Å². The first kappa shape index (κ1) is 16.4. The molecule has 0 atom stereocenters. The second-order valence-corrected chi connectivity index (χ2v) is 4.50. The van der Waals surface area contributed by atoms with Gasteiger partial charge in [-0.05, 0) is 19.4 Å². The first-order valence-corrected chi connectivity index (χ1v) is 6.97. The lowest BCUT2D eigenvalue weighted by molar-refractivity contribution is -0.136. The number of hydrogen-bond acceptors (Lipinski definition) is 5. The number of rotatable bonds is 9. The van der Waals surface area contributed by atoms with Crippen LogP contribution in [0.2, 0.25) is 0 Å². The number of ether oxygens (including phenoxy) is 3. The molecule has 1 aliphatic rings. The summed E-state index contributed by atoms with van der Waals surface area (Å²) in [5.41, 5.74) is 0. The van der Waals surface area contributed by atoms with Gasteiger partial charge in [0.1, 0.15) is 6.61 Å². The number of carbonyl (C=O) groups is 1. The van der Waals surface area contributed by atoms with E-state index in [4.69, 9.17) is 14.2 Å². The lowest BCUT2D eigenvalue weighted by Crippen LogP contribution is -2.36. The standard InChI is InChI=1S/C13H26N2O4/c1-17-8-3-9-18-10-11-19-12-13(16)15-6-2-4-14-5-7-15/h14H,2-12H2,1H3. The van der Waals surface area contributed by atoms with Crippen molar-refractivity contribution in [2.24, 2.45) is 0 Å². The lowest BCUT2D eigenvalue weighted by atomic mass is 10.4. The molecule has 0 aromatic rings. The summed E-state index contributed by atoms with van der Waals surface area (Å²) < 4.78 is 15.6. The quantitative estimate of drug-likeness (QED) is 0.594. The molecule has 0 aromatic heterocycles. The minimum absolute atomic E-state index is 0.0723. The van der Waals surface area contributed by atoms with E-state index in [1.54, 1.807) is 7.11 Å². The normalized spacial score (nSPS) is 16.4. The third kappa shape index (κ3) is 8.15. The molecule has 1 heterocycles. The van der Waals surface area contributed by atoms with Gasteiger partial charge in [-0.2, -0.15) is 0 Å². The summed E-state index contributed by atoms with van der Waals surface area (Å²) in [7, 11) is 1.67. The van der Waals surface area contributed by atoms with Gasteiger partial charge in [0.05, 0.1) is 13.2 Å². The van der Waals surface area contributed by atoms with Gasteiger partial charge >= 0.3 is 0 Å². The van der Waals surface area contributed by atoms with E-state index in [0.717, 1.165) is 39.0 Å². The summed E-state index contributed by atoms with van der Waals surface area (Å²) in [5, 5.41) is 3.27. The van der Waals surface area contributed by atoms with E-state index in [1.165, 1.54) is 0 Å². The molecule has 6 nitrogen and oxygen atoms in total. The molecule has 0 bridgehead atoms. The number of amides is 1.